The average molecular weight is 263 g/mol. The van der Waals surface area contributed by atoms with Crippen molar-refractivity contribution in [1.82, 2.24) is 0 Å². The van der Waals surface area contributed by atoms with Gasteiger partial charge in [0.15, 0.2) is 0 Å². The quantitative estimate of drug-likeness (QED) is 0.253. The summed E-state index contributed by atoms with van der Waals surface area (Å²) in [6.07, 6.45) is 0. The average Bonchev–Trinajstić information content (AvgIpc) is 2.43. The predicted molar refractivity (Wildman–Crippen MR) is 67.8 cm³/mol. The zero-order valence-electron chi connectivity index (χ0n) is 10.1. The molecule has 0 saturated carbocycles. The van der Waals surface area contributed by atoms with Gasteiger partial charge in [-0.3, -0.25) is 0 Å². The Kier molecular flexibility index (Phi) is 6.63. The number of ether oxygens (including phenoxy) is 1. The highest BCUT2D eigenvalue weighted by molar-refractivity contribution is 5.34. The van der Waals surface area contributed by atoms with Gasteiger partial charge in [0.05, 0.1) is 13.1 Å². The molecule has 0 heterocycles. The van der Waals surface area contributed by atoms with Gasteiger partial charge in [-0.2, -0.15) is 0 Å². The summed E-state index contributed by atoms with van der Waals surface area (Å²) < 4.78 is 5.41. The van der Waals surface area contributed by atoms with Crippen molar-refractivity contribution in [2.24, 2.45) is 16.1 Å². The van der Waals surface area contributed by atoms with E-state index in [1.807, 2.05) is 0 Å². The summed E-state index contributed by atoms with van der Waals surface area (Å²) in [5, 5.41) is 6.96. The van der Waals surface area contributed by atoms with Gasteiger partial charge in [-0.05, 0) is 34.3 Å². The first-order chi connectivity index (χ1) is 9.30. The van der Waals surface area contributed by atoms with E-state index in [1.54, 1.807) is 18.2 Å². The third-order valence-corrected chi connectivity index (χ3v) is 2.13. The molecule has 1 rings (SSSR count). The van der Waals surface area contributed by atoms with E-state index in [1.165, 1.54) is 0 Å². The first kappa shape index (κ1) is 14.6. The molecular weight excluding hydrogens is 250 g/mol. The number of rotatable bonds is 8. The maximum Gasteiger partial charge on any atom is 0.119 e. The van der Waals surface area contributed by atoms with Crippen molar-refractivity contribution < 1.29 is 9.57 Å². The van der Waals surface area contributed by atoms with E-state index in [2.05, 4.69) is 24.9 Å². The van der Waals surface area contributed by atoms with Crippen LogP contribution in [0.1, 0.15) is 11.1 Å². The summed E-state index contributed by atoms with van der Waals surface area (Å²) in [5.74, 6) is 5.47. The predicted octanol–water partition coefficient (Wildman–Crippen LogP) is 2.58. The molecule has 0 aliphatic heterocycles. The van der Waals surface area contributed by atoms with E-state index in [0.717, 1.165) is 11.1 Å². The van der Waals surface area contributed by atoms with Crippen molar-refractivity contribution in [3.05, 3.63) is 50.2 Å². The Morgan fingerprint density at radius 2 is 1.58 bits per heavy atom. The number of hydrogen-bond donors (Lipinski definition) is 1. The molecular formula is C10H13N7O2. The van der Waals surface area contributed by atoms with Crippen LogP contribution in [0.3, 0.4) is 0 Å². The Balaban J connectivity index is 2.87. The van der Waals surface area contributed by atoms with Crippen LogP contribution in [-0.2, 0) is 17.9 Å². The number of nitrogens with zero attached hydrogens (tertiary/aromatic N) is 6. The maximum absolute atomic E-state index is 8.31. The summed E-state index contributed by atoms with van der Waals surface area (Å²) in [6, 6.07) is 5.27. The minimum atomic E-state index is 0.199. The fourth-order valence-corrected chi connectivity index (χ4v) is 1.43. The van der Waals surface area contributed by atoms with E-state index in [9.17, 15) is 0 Å². The second kappa shape index (κ2) is 8.62. The second-order valence-electron chi connectivity index (χ2n) is 3.48. The highest BCUT2D eigenvalue weighted by Crippen LogP contribution is 2.19. The van der Waals surface area contributed by atoms with Crippen molar-refractivity contribution >= 4 is 0 Å². The summed E-state index contributed by atoms with van der Waals surface area (Å²) in [4.78, 5) is 9.78. The summed E-state index contributed by atoms with van der Waals surface area (Å²) in [7, 11) is 0. The van der Waals surface area contributed by atoms with Crippen molar-refractivity contribution in [2.75, 3.05) is 13.2 Å². The lowest BCUT2D eigenvalue weighted by Crippen LogP contribution is -2.10. The molecule has 2 N–H and O–H groups in total. The Morgan fingerprint density at radius 1 is 1.00 bits per heavy atom. The van der Waals surface area contributed by atoms with Gasteiger partial charge in [0.2, 0.25) is 0 Å². The fraction of sp³-hybridized carbons (Fsp3) is 0.400. The van der Waals surface area contributed by atoms with Crippen LogP contribution < -0.4 is 10.6 Å². The molecule has 0 saturated heterocycles. The smallest absolute Gasteiger partial charge is 0.119 e. The van der Waals surface area contributed by atoms with Gasteiger partial charge in [-0.1, -0.05) is 16.3 Å². The molecule has 0 unspecified atom stereocenters. The standard InChI is InChI=1S/C10H13N7O2/c11-16-14-6-8-3-9(7-15-17-12)5-10(4-8)18-1-2-19-13/h3-5H,1-2,6-7,13H2. The molecule has 0 radical (unpaired) electrons. The van der Waals surface area contributed by atoms with Gasteiger partial charge in [-0.25, -0.2) is 5.90 Å². The van der Waals surface area contributed by atoms with Crippen molar-refractivity contribution in [1.29, 1.82) is 0 Å². The topological polar surface area (TPSA) is 142 Å². The van der Waals surface area contributed by atoms with Crippen LogP contribution in [0.15, 0.2) is 28.4 Å². The van der Waals surface area contributed by atoms with E-state index in [4.69, 9.17) is 21.7 Å². The minimum absolute atomic E-state index is 0.199. The number of nitrogens with two attached hydrogens (primary N) is 1. The van der Waals surface area contributed by atoms with Gasteiger partial charge in [0.1, 0.15) is 19.0 Å². The number of benzene rings is 1. The van der Waals surface area contributed by atoms with Crippen LogP contribution in [0, 0.1) is 0 Å². The molecule has 9 nitrogen and oxygen atoms in total. The van der Waals surface area contributed by atoms with Crippen LogP contribution in [0.4, 0.5) is 0 Å². The lowest BCUT2D eigenvalue weighted by atomic mass is 10.1. The molecule has 0 bridgehead atoms. The highest BCUT2D eigenvalue weighted by Gasteiger charge is 2.02. The Hall–Kier alpha value is -2.44. The normalized spacial score (nSPS) is 9.32. The molecule has 9 heteroatoms. The zero-order valence-corrected chi connectivity index (χ0v) is 10.1. The molecule has 0 aliphatic carbocycles. The van der Waals surface area contributed by atoms with Crippen molar-refractivity contribution in [2.45, 2.75) is 13.1 Å². The molecule has 1 aromatic carbocycles. The lowest BCUT2D eigenvalue weighted by molar-refractivity contribution is 0.102. The Bertz CT molecular complexity index is 468. The number of hydrogen-bond acceptors (Lipinski definition) is 5. The lowest BCUT2D eigenvalue weighted by Gasteiger charge is -2.09. The molecule has 0 amide bonds. The molecule has 0 fully saturated rings. The minimum Gasteiger partial charge on any atom is -0.491 e. The largest absolute Gasteiger partial charge is 0.491 e. The summed E-state index contributed by atoms with van der Waals surface area (Å²) in [6.45, 7) is 0.948. The van der Waals surface area contributed by atoms with Gasteiger partial charge in [0.25, 0.3) is 0 Å². The molecule has 0 atom stereocenters. The van der Waals surface area contributed by atoms with Gasteiger partial charge < -0.3 is 9.57 Å². The Morgan fingerprint density at radius 3 is 2.05 bits per heavy atom. The number of azide groups is 2. The highest BCUT2D eigenvalue weighted by atomic mass is 16.6. The monoisotopic (exact) mass is 263 g/mol. The molecule has 0 aromatic heterocycles. The van der Waals surface area contributed by atoms with Gasteiger partial charge >= 0.3 is 0 Å². The first-order valence-corrected chi connectivity index (χ1v) is 5.39. The Labute approximate surface area is 109 Å². The van der Waals surface area contributed by atoms with Crippen LogP contribution in [0.25, 0.3) is 20.9 Å². The molecule has 100 valence electrons. The third kappa shape index (κ3) is 5.62. The van der Waals surface area contributed by atoms with Crippen LogP contribution >= 0.6 is 0 Å². The van der Waals surface area contributed by atoms with Crippen LogP contribution in [0.5, 0.6) is 5.75 Å². The van der Waals surface area contributed by atoms with E-state index >= 15 is 0 Å². The molecule has 0 spiro atoms. The van der Waals surface area contributed by atoms with Crippen molar-refractivity contribution in [3.63, 3.8) is 0 Å². The van der Waals surface area contributed by atoms with E-state index in [0.29, 0.717) is 12.4 Å². The van der Waals surface area contributed by atoms with Gasteiger partial charge in [0, 0.05) is 9.82 Å². The van der Waals surface area contributed by atoms with Crippen LogP contribution in [0.2, 0.25) is 0 Å². The van der Waals surface area contributed by atoms with Crippen molar-refractivity contribution in [3.8, 4) is 5.75 Å². The van der Waals surface area contributed by atoms with E-state index in [-0.39, 0.29) is 19.7 Å². The fourth-order valence-electron chi connectivity index (χ4n) is 1.43. The first-order valence-electron chi connectivity index (χ1n) is 5.39. The van der Waals surface area contributed by atoms with Gasteiger partial charge in [-0.15, -0.1) is 0 Å². The summed E-state index contributed by atoms with van der Waals surface area (Å²) in [5.41, 5.74) is 18.2. The van der Waals surface area contributed by atoms with E-state index < -0.39 is 0 Å². The third-order valence-electron chi connectivity index (χ3n) is 2.13. The zero-order chi connectivity index (χ0) is 13.9. The second-order valence-corrected chi connectivity index (χ2v) is 3.48. The maximum atomic E-state index is 8.31. The SMILES string of the molecule is [N-]=[N+]=NCc1cc(CN=[N+]=[N-])cc(OCCON)c1. The van der Waals surface area contributed by atoms with Crippen LogP contribution in [-0.4, -0.2) is 13.2 Å². The summed E-state index contributed by atoms with van der Waals surface area (Å²) >= 11 is 0. The molecule has 0 aliphatic rings. The molecule has 19 heavy (non-hydrogen) atoms. The molecule has 1 aromatic rings.